The predicted octanol–water partition coefficient (Wildman–Crippen LogP) is 5.91. The van der Waals surface area contributed by atoms with Gasteiger partial charge in [0.1, 0.15) is 17.1 Å². The summed E-state index contributed by atoms with van der Waals surface area (Å²) in [7, 11) is 1.63. The Labute approximate surface area is 180 Å². The van der Waals surface area contributed by atoms with Gasteiger partial charge in [-0.25, -0.2) is 9.79 Å². The zero-order valence-corrected chi connectivity index (χ0v) is 17.7. The van der Waals surface area contributed by atoms with E-state index in [9.17, 15) is 4.79 Å². The molecule has 0 fully saturated rings. The fraction of sp³-hybridized carbons (Fsp3) is 0.154. The third kappa shape index (κ3) is 4.67. The van der Waals surface area contributed by atoms with Crippen molar-refractivity contribution in [1.82, 2.24) is 0 Å². The highest BCUT2D eigenvalue weighted by Crippen LogP contribution is 2.25. The number of hydrogen-bond donors (Lipinski definition) is 0. The Kier molecular flexibility index (Phi) is 5.85. The Bertz CT molecular complexity index is 1270. The largest absolute Gasteiger partial charge is 0.497 e. The lowest BCUT2D eigenvalue weighted by atomic mass is 10.1. The topological polar surface area (TPSA) is 61.0 Å². The molecule has 4 aromatic rings. The second-order valence-corrected chi connectivity index (χ2v) is 7.34. The number of rotatable bonds is 5. The molecule has 0 aliphatic heterocycles. The Hall–Kier alpha value is -3.86. The summed E-state index contributed by atoms with van der Waals surface area (Å²) in [5, 5.41) is 1.58. The zero-order valence-electron chi connectivity index (χ0n) is 17.7. The average molecular weight is 413 g/mol. The smallest absolute Gasteiger partial charge is 0.338 e. The Morgan fingerprint density at radius 2 is 1.68 bits per heavy atom. The molecule has 0 radical (unpaired) electrons. The van der Waals surface area contributed by atoms with E-state index in [0.717, 1.165) is 27.7 Å². The van der Waals surface area contributed by atoms with Gasteiger partial charge in [0.25, 0.3) is 0 Å². The first-order valence-corrected chi connectivity index (χ1v) is 10.1. The van der Waals surface area contributed by atoms with Crippen molar-refractivity contribution >= 4 is 22.6 Å². The van der Waals surface area contributed by atoms with Crippen molar-refractivity contribution in [3.8, 4) is 17.1 Å². The van der Waals surface area contributed by atoms with Crippen LogP contribution in [0.1, 0.15) is 24.2 Å². The lowest BCUT2D eigenvalue weighted by Gasteiger charge is -2.08. The van der Waals surface area contributed by atoms with E-state index in [0.29, 0.717) is 16.9 Å². The molecule has 1 aromatic heterocycles. The molecule has 0 N–H and O–H groups in total. The molecule has 0 atom stereocenters. The molecule has 5 nitrogen and oxygen atoms in total. The number of benzene rings is 3. The molecule has 0 saturated heterocycles. The Morgan fingerprint density at radius 3 is 2.35 bits per heavy atom. The van der Waals surface area contributed by atoms with Crippen LogP contribution >= 0.6 is 0 Å². The third-order valence-corrected chi connectivity index (χ3v) is 4.70. The van der Waals surface area contributed by atoms with E-state index in [1.54, 1.807) is 31.4 Å². The van der Waals surface area contributed by atoms with Crippen LogP contribution in [0.3, 0.4) is 0 Å². The molecule has 3 aromatic carbocycles. The monoisotopic (exact) mass is 413 g/mol. The summed E-state index contributed by atoms with van der Waals surface area (Å²) in [5.74, 6) is 1.09. The van der Waals surface area contributed by atoms with Crippen LogP contribution in [-0.2, 0) is 4.74 Å². The molecule has 4 rings (SSSR count). The van der Waals surface area contributed by atoms with Gasteiger partial charge in [0.2, 0.25) is 0 Å². The van der Waals surface area contributed by atoms with Crippen LogP contribution in [0.4, 0.5) is 5.69 Å². The number of carbonyl (C=O) groups excluding carboxylic acids is 1. The summed E-state index contributed by atoms with van der Waals surface area (Å²) >= 11 is 0. The van der Waals surface area contributed by atoms with Crippen molar-refractivity contribution in [2.24, 2.45) is 4.99 Å². The van der Waals surface area contributed by atoms with Gasteiger partial charge >= 0.3 is 5.97 Å². The predicted molar refractivity (Wildman–Crippen MR) is 120 cm³/mol. The molecule has 0 aliphatic rings. The van der Waals surface area contributed by atoms with Gasteiger partial charge in [-0.05, 0) is 56.3 Å². The molecule has 0 aliphatic carbocycles. The second kappa shape index (κ2) is 8.88. The van der Waals surface area contributed by atoms with Crippen LogP contribution in [-0.4, -0.2) is 19.2 Å². The highest BCUT2D eigenvalue weighted by Gasteiger charge is 2.10. The lowest BCUT2D eigenvalue weighted by Crippen LogP contribution is -2.11. The van der Waals surface area contributed by atoms with E-state index >= 15 is 0 Å². The quantitative estimate of drug-likeness (QED) is 0.382. The number of nitrogens with zero attached hydrogens (tertiary/aromatic N) is 1. The van der Waals surface area contributed by atoms with Crippen molar-refractivity contribution in [2.45, 2.75) is 20.0 Å². The maximum absolute atomic E-state index is 12.1. The van der Waals surface area contributed by atoms with Crippen LogP contribution in [0, 0.1) is 0 Å². The van der Waals surface area contributed by atoms with Gasteiger partial charge in [-0.15, -0.1) is 0 Å². The number of methoxy groups -OCH3 is 1. The molecular weight excluding hydrogens is 390 g/mol. The molecule has 1 heterocycles. The van der Waals surface area contributed by atoms with Crippen LogP contribution in [0.5, 0.6) is 5.75 Å². The minimum Gasteiger partial charge on any atom is -0.497 e. The summed E-state index contributed by atoms with van der Waals surface area (Å²) < 4.78 is 16.8. The summed E-state index contributed by atoms with van der Waals surface area (Å²) in [5.41, 5.74) is 2.88. The van der Waals surface area contributed by atoms with Crippen molar-refractivity contribution in [1.29, 1.82) is 0 Å². The number of ether oxygens (including phenoxy) is 2. The van der Waals surface area contributed by atoms with Crippen molar-refractivity contribution < 1.29 is 18.7 Å². The SMILES string of the molecule is COc1ccc2oc(-c3ccccc3)cc(=Nc3ccc(C(=O)OC(C)C)cc3)c2c1. The van der Waals surface area contributed by atoms with Gasteiger partial charge in [0.05, 0.1) is 29.8 Å². The molecule has 0 saturated carbocycles. The number of carbonyl (C=O) groups is 1. The van der Waals surface area contributed by atoms with E-state index in [1.165, 1.54) is 0 Å². The summed E-state index contributed by atoms with van der Waals surface area (Å²) in [6, 6.07) is 24.5. The van der Waals surface area contributed by atoms with Crippen LogP contribution in [0.25, 0.3) is 22.3 Å². The van der Waals surface area contributed by atoms with E-state index < -0.39 is 0 Å². The summed E-state index contributed by atoms with van der Waals surface area (Å²) in [6.07, 6.45) is -0.164. The molecule has 0 bridgehead atoms. The van der Waals surface area contributed by atoms with Crippen molar-refractivity contribution in [2.75, 3.05) is 7.11 Å². The van der Waals surface area contributed by atoms with Crippen LogP contribution in [0.15, 0.2) is 88.3 Å². The standard InChI is InChI=1S/C26H23NO4/c1-17(2)30-26(28)19-9-11-20(12-10-19)27-23-16-25(18-7-5-4-6-8-18)31-24-14-13-21(29-3)15-22(23)24/h4-17H,1-3H3. The van der Waals surface area contributed by atoms with E-state index in [-0.39, 0.29) is 12.1 Å². The highest BCUT2D eigenvalue weighted by atomic mass is 16.5. The molecule has 0 spiro atoms. The fourth-order valence-electron chi connectivity index (χ4n) is 3.21. The summed E-state index contributed by atoms with van der Waals surface area (Å²) in [4.78, 5) is 16.9. The van der Waals surface area contributed by atoms with Gasteiger partial charge in [-0.3, -0.25) is 0 Å². The fourth-order valence-corrected chi connectivity index (χ4v) is 3.21. The average Bonchev–Trinajstić information content (AvgIpc) is 2.79. The van der Waals surface area contributed by atoms with Crippen LogP contribution < -0.4 is 10.1 Å². The molecule has 156 valence electrons. The van der Waals surface area contributed by atoms with Gasteiger partial charge in [-0.2, -0.15) is 0 Å². The number of hydrogen-bond acceptors (Lipinski definition) is 5. The first kappa shape index (κ1) is 20.4. The Morgan fingerprint density at radius 1 is 0.935 bits per heavy atom. The minimum atomic E-state index is -0.346. The van der Waals surface area contributed by atoms with Gasteiger partial charge in [0.15, 0.2) is 0 Å². The summed E-state index contributed by atoms with van der Waals surface area (Å²) in [6.45, 7) is 3.65. The van der Waals surface area contributed by atoms with E-state index in [1.807, 2.05) is 68.4 Å². The van der Waals surface area contributed by atoms with Gasteiger partial charge in [0, 0.05) is 17.0 Å². The zero-order chi connectivity index (χ0) is 21.8. The lowest BCUT2D eigenvalue weighted by molar-refractivity contribution is 0.0378. The van der Waals surface area contributed by atoms with E-state index in [4.69, 9.17) is 18.9 Å². The maximum atomic E-state index is 12.1. The second-order valence-electron chi connectivity index (χ2n) is 7.34. The molecular formula is C26H23NO4. The minimum absolute atomic E-state index is 0.164. The molecule has 31 heavy (non-hydrogen) atoms. The third-order valence-electron chi connectivity index (χ3n) is 4.70. The van der Waals surface area contributed by atoms with Crippen molar-refractivity contribution in [3.05, 3.63) is 89.8 Å². The van der Waals surface area contributed by atoms with E-state index in [2.05, 4.69) is 0 Å². The normalized spacial score (nSPS) is 11.7. The molecule has 0 unspecified atom stereocenters. The first-order valence-electron chi connectivity index (χ1n) is 10.1. The first-order chi connectivity index (χ1) is 15.0. The highest BCUT2D eigenvalue weighted by molar-refractivity contribution is 5.89. The van der Waals surface area contributed by atoms with Crippen LogP contribution in [0.2, 0.25) is 0 Å². The molecule has 0 amide bonds. The van der Waals surface area contributed by atoms with Crippen molar-refractivity contribution in [3.63, 3.8) is 0 Å². The van der Waals surface area contributed by atoms with Gasteiger partial charge < -0.3 is 13.9 Å². The Balaban J connectivity index is 1.82. The molecule has 5 heteroatoms. The number of fused-ring (bicyclic) bond motifs is 1. The number of esters is 1. The maximum Gasteiger partial charge on any atom is 0.338 e. The van der Waals surface area contributed by atoms with Gasteiger partial charge in [-0.1, -0.05) is 30.3 Å².